The van der Waals surface area contributed by atoms with Gasteiger partial charge in [0.05, 0.1) is 6.10 Å². The molecular formula is C14H21N3O. The minimum atomic E-state index is -0.0338. The Labute approximate surface area is 108 Å². The molecule has 2 unspecified atom stereocenters. The van der Waals surface area contributed by atoms with Crippen LogP contribution in [0.4, 0.5) is 0 Å². The molecule has 1 aromatic heterocycles. The second-order valence-electron chi connectivity index (χ2n) is 4.94. The molecule has 0 amide bonds. The number of nitrogen functional groups attached to an aromatic ring is 1. The van der Waals surface area contributed by atoms with Gasteiger partial charge in [0.2, 0.25) is 0 Å². The van der Waals surface area contributed by atoms with E-state index in [1.807, 2.05) is 12.1 Å². The largest absolute Gasteiger partial charge is 0.488 e. The fourth-order valence-corrected chi connectivity index (χ4v) is 2.59. The van der Waals surface area contributed by atoms with Crippen molar-refractivity contribution in [2.45, 2.75) is 45.1 Å². The van der Waals surface area contributed by atoms with Crippen molar-refractivity contribution in [3.8, 4) is 5.75 Å². The first kappa shape index (κ1) is 12.9. The quantitative estimate of drug-likeness (QED) is 0.634. The number of hydrogen-bond acceptors (Lipinski definition) is 3. The number of aromatic nitrogens is 1. The fourth-order valence-electron chi connectivity index (χ4n) is 2.59. The van der Waals surface area contributed by atoms with Crippen molar-refractivity contribution in [2.24, 2.45) is 11.7 Å². The van der Waals surface area contributed by atoms with Gasteiger partial charge in [-0.2, -0.15) is 0 Å². The lowest BCUT2D eigenvalue weighted by molar-refractivity contribution is 0.121. The average molecular weight is 247 g/mol. The summed E-state index contributed by atoms with van der Waals surface area (Å²) in [7, 11) is 0. The third kappa shape index (κ3) is 3.00. The first-order chi connectivity index (χ1) is 8.70. The van der Waals surface area contributed by atoms with E-state index < -0.39 is 0 Å². The normalized spacial score (nSPS) is 23.6. The maximum atomic E-state index is 7.50. The van der Waals surface area contributed by atoms with Crippen molar-refractivity contribution < 1.29 is 4.74 Å². The smallest absolute Gasteiger partial charge is 0.149 e. The Morgan fingerprint density at radius 1 is 1.56 bits per heavy atom. The zero-order valence-corrected chi connectivity index (χ0v) is 10.9. The molecule has 1 saturated carbocycles. The van der Waals surface area contributed by atoms with Gasteiger partial charge in [0.1, 0.15) is 17.3 Å². The highest BCUT2D eigenvalue weighted by atomic mass is 16.5. The molecule has 4 nitrogen and oxygen atoms in total. The molecule has 18 heavy (non-hydrogen) atoms. The SMILES string of the molecule is CCC1CCCC(Oc2cccnc2C(=N)N)C1. The summed E-state index contributed by atoms with van der Waals surface area (Å²) in [6.45, 7) is 2.23. The molecule has 3 N–H and O–H groups in total. The van der Waals surface area contributed by atoms with E-state index in [0.29, 0.717) is 11.4 Å². The van der Waals surface area contributed by atoms with Crippen LogP contribution in [0.3, 0.4) is 0 Å². The van der Waals surface area contributed by atoms with Gasteiger partial charge >= 0.3 is 0 Å². The van der Waals surface area contributed by atoms with Gasteiger partial charge in [-0.1, -0.05) is 19.8 Å². The third-order valence-electron chi connectivity index (χ3n) is 3.63. The summed E-state index contributed by atoms with van der Waals surface area (Å²) < 4.78 is 6.00. The Hall–Kier alpha value is -1.58. The standard InChI is InChI=1S/C14H21N3O/c1-2-10-5-3-6-11(9-10)18-12-7-4-8-17-13(12)14(15)16/h4,7-8,10-11H,2-3,5-6,9H2,1H3,(H3,15,16). The van der Waals surface area contributed by atoms with Gasteiger partial charge in [0.15, 0.2) is 0 Å². The lowest BCUT2D eigenvalue weighted by atomic mass is 9.85. The second-order valence-corrected chi connectivity index (χ2v) is 4.94. The van der Waals surface area contributed by atoms with E-state index in [9.17, 15) is 0 Å². The molecule has 1 aliphatic rings. The summed E-state index contributed by atoms with van der Waals surface area (Å²) >= 11 is 0. The zero-order chi connectivity index (χ0) is 13.0. The predicted molar refractivity (Wildman–Crippen MR) is 71.9 cm³/mol. The van der Waals surface area contributed by atoms with E-state index in [2.05, 4.69) is 11.9 Å². The van der Waals surface area contributed by atoms with E-state index in [4.69, 9.17) is 15.9 Å². The van der Waals surface area contributed by atoms with Gasteiger partial charge in [-0.05, 0) is 37.3 Å². The monoisotopic (exact) mass is 247 g/mol. The summed E-state index contributed by atoms with van der Waals surface area (Å²) in [6, 6.07) is 3.67. The molecule has 1 aliphatic carbocycles. The van der Waals surface area contributed by atoms with Crippen LogP contribution >= 0.6 is 0 Å². The van der Waals surface area contributed by atoms with E-state index in [-0.39, 0.29) is 11.9 Å². The molecule has 0 aromatic carbocycles. The number of nitrogens with zero attached hydrogens (tertiary/aromatic N) is 1. The van der Waals surface area contributed by atoms with Crippen molar-refractivity contribution in [3.05, 3.63) is 24.0 Å². The Bertz CT molecular complexity index is 419. The molecule has 2 atom stereocenters. The summed E-state index contributed by atoms with van der Waals surface area (Å²) in [4.78, 5) is 4.11. The van der Waals surface area contributed by atoms with Crippen molar-refractivity contribution in [1.82, 2.24) is 4.98 Å². The molecule has 0 radical (unpaired) electrons. The second kappa shape index (κ2) is 5.85. The maximum absolute atomic E-state index is 7.50. The first-order valence-corrected chi connectivity index (χ1v) is 6.66. The zero-order valence-electron chi connectivity index (χ0n) is 10.9. The van der Waals surface area contributed by atoms with Crippen LogP contribution in [0.1, 0.15) is 44.7 Å². The number of hydrogen-bond donors (Lipinski definition) is 2. The average Bonchev–Trinajstić information content (AvgIpc) is 2.39. The summed E-state index contributed by atoms with van der Waals surface area (Å²) in [6.07, 6.45) is 7.81. The Morgan fingerprint density at radius 2 is 2.39 bits per heavy atom. The Kier molecular flexibility index (Phi) is 4.18. The third-order valence-corrected chi connectivity index (χ3v) is 3.63. The van der Waals surface area contributed by atoms with Gasteiger partial charge in [0.25, 0.3) is 0 Å². The van der Waals surface area contributed by atoms with Gasteiger partial charge in [0, 0.05) is 6.20 Å². The van der Waals surface area contributed by atoms with Crippen LogP contribution in [0.15, 0.2) is 18.3 Å². The van der Waals surface area contributed by atoms with Crippen molar-refractivity contribution in [3.63, 3.8) is 0 Å². The number of amidine groups is 1. The molecule has 4 heteroatoms. The lowest BCUT2D eigenvalue weighted by Crippen LogP contribution is -2.26. The van der Waals surface area contributed by atoms with Gasteiger partial charge < -0.3 is 10.5 Å². The van der Waals surface area contributed by atoms with Crippen LogP contribution in [0.25, 0.3) is 0 Å². The predicted octanol–water partition coefficient (Wildman–Crippen LogP) is 2.71. The molecule has 0 bridgehead atoms. The van der Waals surface area contributed by atoms with Crippen LogP contribution in [-0.2, 0) is 0 Å². The highest BCUT2D eigenvalue weighted by Crippen LogP contribution is 2.30. The molecule has 1 fully saturated rings. The lowest BCUT2D eigenvalue weighted by Gasteiger charge is -2.29. The van der Waals surface area contributed by atoms with Crippen molar-refractivity contribution in [1.29, 1.82) is 5.41 Å². The molecule has 0 spiro atoms. The van der Waals surface area contributed by atoms with E-state index in [1.165, 1.54) is 19.3 Å². The van der Waals surface area contributed by atoms with Gasteiger partial charge in [-0.25, -0.2) is 4.98 Å². The minimum Gasteiger partial charge on any atom is -0.488 e. The minimum absolute atomic E-state index is 0.0338. The van der Waals surface area contributed by atoms with Gasteiger partial charge in [-0.3, -0.25) is 5.41 Å². The molecular weight excluding hydrogens is 226 g/mol. The summed E-state index contributed by atoms with van der Waals surface area (Å²) in [5.41, 5.74) is 5.97. The van der Waals surface area contributed by atoms with Crippen LogP contribution in [0.5, 0.6) is 5.75 Å². The highest BCUT2D eigenvalue weighted by Gasteiger charge is 2.23. The Balaban J connectivity index is 2.07. The van der Waals surface area contributed by atoms with Crippen molar-refractivity contribution in [2.75, 3.05) is 0 Å². The van der Waals surface area contributed by atoms with E-state index in [1.54, 1.807) is 6.20 Å². The van der Waals surface area contributed by atoms with Crippen LogP contribution in [0.2, 0.25) is 0 Å². The summed E-state index contributed by atoms with van der Waals surface area (Å²) in [5, 5.41) is 7.50. The van der Waals surface area contributed by atoms with Crippen LogP contribution in [-0.4, -0.2) is 16.9 Å². The van der Waals surface area contributed by atoms with E-state index in [0.717, 1.165) is 18.8 Å². The number of nitrogens with one attached hydrogen (secondary N) is 1. The number of nitrogens with two attached hydrogens (primary N) is 1. The van der Waals surface area contributed by atoms with Crippen LogP contribution in [0, 0.1) is 11.3 Å². The molecule has 98 valence electrons. The molecule has 0 aliphatic heterocycles. The molecule has 1 heterocycles. The first-order valence-electron chi connectivity index (χ1n) is 6.66. The number of rotatable bonds is 4. The van der Waals surface area contributed by atoms with Crippen LogP contribution < -0.4 is 10.5 Å². The number of pyridine rings is 1. The molecule has 1 aromatic rings. The highest BCUT2D eigenvalue weighted by molar-refractivity contribution is 5.95. The summed E-state index contributed by atoms with van der Waals surface area (Å²) in [5.74, 6) is 1.38. The molecule has 2 rings (SSSR count). The maximum Gasteiger partial charge on any atom is 0.149 e. The van der Waals surface area contributed by atoms with Gasteiger partial charge in [-0.15, -0.1) is 0 Å². The Morgan fingerprint density at radius 3 is 3.11 bits per heavy atom. The van der Waals surface area contributed by atoms with E-state index >= 15 is 0 Å². The van der Waals surface area contributed by atoms with Crippen molar-refractivity contribution >= 4 is 5.84 Å². The molecule has 0 saturated heterocycles. The number of ether oxygens (including phenoxy) is 1. The fraction of sp³-hybridized carbons (Fsp3) is 0.571. The topological polar surface area (TPSA) is 72.0 Å².